The molecule has 4 aromatic rings. The summed E-state index contributed by atoms with van der Waals surface area (Å²) in [4.78, 5) is 15.7. The molecule has 6 nitrogen and oxygen atoms in total. The van der Waals surface area contributed by atoms with Crippen molar-refractivity contribution in [2.24, 2.45) is 0 Å². The Kier molecular flexibility index (Phi) is 6.04. The number of likely N-dealkylation sites (tertiary alicyclic amines) is 1. The lowest BCUT2D eigenvalue weighted by molar-refractivity contribution is 0.0909. The molecule has 0 radical (unpaired) electrons. The maximum absolute atomic E-state index is 13.8. The molecule has 0 atom stereocenters. The van der Waals surface area contributed by atoms with E-state index in [4.69, 9.17) is 0 Å². The Hall–Kier alpha value is -3.71. The number of halogens is 1. The van der Waals surface area contributed by atoms with Crippen molar-refractivity contribution in [3.63, 3.8) is 0 Å². The molecule has 33 heavy (non-hydrogen) atoms. The number of rotatable bonds is 6. The standard InChI is InChI=1S/C26H26FN5O/c27-21-9-6-10-23(17-21)32-26(31-13-4-5-14-31)24(18-28-32)25(33)29-22-11-15-30(16-12-22)19-20-7-2-1-3-8-20/h1-10,13-14,17-18,22H,11-12,15-16,19H2,(H,29,33). The molecule has 0 aliphatic carbocycles. The van der Waals surface area contributed by atoms with Crippen molar-refractivity contribution in [1.82, 2.24) is 24.6 Å². The minimum absolute atomic E-state index is 0.111. The van der Waals surface area contributed by atoms with Crippen molar-refractivity contribution in [3.8, 4) is 11.5 Å². The predicted octanol–water partition coefficient (Wildman–Crippen LogP) is 4.20. The molecule has 1 aliphatic heterocycles. The second kappa shape index (κ2) is 9.42. The summed E-state index contributed by atoms with van der Waals surface area (Å²) in [6.07, 6.45) is 7.06. The molecule has 7 heteroatoms. The van der Waals surface area contributed by atoms with Crippen LogP contribution in [-0.4, -0.2) is 44.3 Å². The van der Waals surface area contributed by atoms with Crippen LogP contribution in [0.4, 0.5) is 4.39 Å². The maximum atomic E-state index is 13.8. The molecule has 1 amide bonds. The zero-order valence-corrected chi connectivity index (χ0v) is 18.3. The molecule has 1 aliphatic rings. The molecule has 168 valence electrons. The van der Waals surface area contributed by atoms with E-state index in [-0.39, 0.29) is 17.8 Å². The molecule has 3 heterocycles. The normalized spacial score (nSPS) is 14.9. The van der Waals surface area contributed by atoms with Gasteiger partial charge in [-0.2, -0.15) is 5.10 Å². The van der Waals surface area contributed by atoms with Gasteiger partial charge in [-0.3, -0.25) is 9.69 Å². The third kappa shape index (κ3) is 4.73. The van der Waals surface area contributed by atoms with Gasteiger partial charge in [-0.25, -0.2) is 9.07 Å². The van der Waals surface area contributed by atoms with E-state index in [0.717, 1.165) is 32.5 Å². The summed E-state index contributed by atoms with van der Waals surface area (Å²) in [6, 6.07) is 20.5. The van der Waals surface area contributed by atoms with E-state index in [0.29, 0.717) is 17.1 Å². The smallest absolute Gasteiger partial charge is 0.256 e. The Balaban J connectivity index is 1.30. The van der Waals surface area contributed by atoms with Crippen LogP contribution in [0.3, 0.4) is 0 Å². The van der Waals surface area contributed by atoms with E-state index in [1.165, 1.54) is 17.7 Å². The second-order valence-corrected chi connectivity index (χ2v) is 8.37. The van der Waals surface area contributed by atoms with Crippen molar-refractivity contribution in [2.45, 2.75) is 25.4 Å². The summed E-state index contributed by atoms with van der Waals surface area (Å²) < 4.78 is 17.3. The molecule has 0 unspecified atom stereocenters. The Morgan fingerprint density at radius 1 is 1.00 bits per heavy atom. The van der Waals surface area contributed by atoms with Crippen molar-refractivity contribution in [2.75, 3.05) is 13.1 Å². The molecule has 5 rings (SSSR count). The molecular weight excluding hydrogens is 417 g/mol. The molecular formula is C26H26FN5O. The third-order valence-corrected chi connectivity index (χ3v) is 6.06. The summed E-state index contributed by atoms with van der Waals surface area (Å²) in [5, 5.41) is 7.61. The van der Waals surface area contributed by atoms with Crippen LogP contribution in [-0.2, 0) is 6.54 Å². The highest BCUT2D eigenvalue weighted by atomic mass is 19.1. The Morgan fingerprint density at radius 2 is 1.76 bits per heavy atom. The Labute approximate surface area is 192 Å². The van der Waals surface area contributed by atoms with Gasteiger partial charge in [0.05, 0.1) is 11.9 Å². The van der Waals surface area contributed by atoms with Crippen LogP contribution in [0.25, 0.3) is 11.5 Å². The molecule has 2 aromatic carbocycles. The van der Waals surface area contributed by atoms with Crippen LogP contribution >= 0.6 is 0 Å². The van der Waals surface area contributed by atoms with Gasteiger partial charge in [-0.05, 0) is 48.7 Å². The first-order valence-electron chi connectivity index (χ1n) is 11.2. The number of piperidine rings is 1. The van der Waals surface area contributed by atoms with Gasteiger partial charge in [-0.1, -0.05) is 36.4 Å². The first kappa shape index (κ1) is 21.2. The largest absolute Gasteiger partial charge is 0.349 e. The SMILES string of the molecule is O=C(NC1CCN(Cc2ccccc2)CC1)c1cnn(-c2cccc(F)c2)c1-n1cccc1. The summed E-state index contributed by atoms with van der Waals surface area (Å²) >= 11 is 0. The zero-order valence-electron chi connectivity index (χ0n) is 18.3. The van der Waals surface area contributed by atoms with Gasteiger partial charge in [0, 0.05) is 38.1 Å². The van der Waals surface area contributed by atoms with Gasteiger partial charge in [0.2, 0.25) is 0 Å². The van der Waals surface area contributed by atoms with Gasteiger partial charge in [-0.15, -0.1) is 0 Å². The van der Waals surface area contributed by atoms with Crippen LogP contribution in [0, 0.1) is 5.82 Å². The number of nitrogens with one attached hydrogen (secondary N) is 1. The van der Waals surface area contributed by atoms with Crippen molar-refractivity contribution < 1.29 is 9.18 Å². The summed E-state index contributed by atoms with van der Waals surface area (Å²) in [5.41, 5.74) is 2.33. The van der Waals surface area contributed by atoms with Crippen molar-refractivity contribution in [1.29, 1.82) is 0 Å². The lowest BCUT2D eigenvalue weighted by Gasteiger charge is -2.32. The fourth-order valence-corrected chi connectivity index (χ4v) is 4.36. The lowest BCUT2D eigenvalue weighted by atomic mass is 10.0. The van der Waals surface area contributed by atoms with Crippen molar-refractivity contribution >= 4 is 5.91 Å². The molecule has 1 fully saturated rings. The van der Waals surface area contributed by atoms with Crippen LogP contribution < -0.4 is 5.32 Å². The molecule has 0 spiro atoms. The van der Waals surface area contributed by atoms with Gasteiger partial charge in [0.15, 0.2) is 5.82 Å². The summed E-state index contributed by atoms with van der Waals surface area (Å²) in [6.45, 7) is 2.80. The first-order valence-corrected chi connectivity index (χ1v) is 11.2. The average Bonchev–Trinajstić information content (AvgIpc) is 3.51. The number of carbonyl (C=O) groups excluding carboxylic acids is 1. The third-order valence-electron chi connectivity index (χ3n) is 6.06. The number of hydrogen-bond acceptors (Lipinski definition) is 3. The number of nitrogens with zero attached hydrogens (tertiary/aromatic N) is 4. The number of benzene rings is 2. The second-order valence-electron chi connectivity index (χ2n) is 8.37. The van der Waals surface area contributed by atoms with E-state index in [1.54, 1.807) is 23.0 Å². The molecule has 1 N–H and O–H groups in total. The number of carbonyl (C=O) groups is 1. The molecule has 0 bridgehead atoms. The van der Waals surface area contributed by atoms with E-state index in [9.17, 15) is 9.18 Å². The topological polar surface area (TPSA) is 55.1 Å². The highest BCUT2D eigenvalue weighted by Crippen LogP contribution is 2.21. The predicted molar refractivity (Wildman–Crippen MR) is 125 cm³/mol. The number of amides is 1. The quantitative estimate of drug-likeness (QED) is 0.486. The lowest BCUT2D eigenvalue weighted by Crippen LogP contribution is -2.44. The number of aromatic nitrogens is 3. The average molecular weight is 444 g/mol. The zero-order chi connectivity index (χ0) is 22.6. The molecule has 0 saturated carbocycles. The van der Waals surface area contributed by atoms with Gasteiger partial charge in [0.1, 0.15) is 11.4 Å². The maximum Gasteiger partial charge on any atom is 0.256 e. The fourth-order valence-electron chi connectivity index (χ4n) is 4.36. The number of hydrogen-bond donors (Lipinski definition) is 1. The molecule has 2 aromatic heterocycles. The minimum atomic E-state index is -0.352. The van der Waals surface area contributed by atoms with Crippen LogP contribution in [0.15, 0.2) is 85.3 Å². The van der Waals surface area contributed by atoms with E-state index in [1.807, 2.05) is 35.2 Å². The molecule has 1 saturated heterocycles. The highest BCUT2D eigenvalue weighted by molar-refractivity contribution is 5.97. The highest BCUT2D eigenvalue weighted by Gasteiger charge is 2.25. The first-order chi connectivity index (χ1) is 16.2. The van der Waals surface area contributed by atoms with E-state index >= 15 is 0 Å². The van der Waals surface area contributed by atoms with E-state index in [2.05, 4.69) is 39.6 Å². The minimum Gasteiger partial charge on any atom is -0.349 e. The van der Waals surface area contributed by atoms with E-state index < -0.39 is 0 Å². The van der Waals surface area contributed by atoms with Gasteiger partial charge in [0.25, 0.3) is 5.91 Å². The van der Waals surface area contributed by atoms with Gasteiger partial charge >= 0.3 is 0 Å². The Bertz CT molecular complexity index is 1210. The monoisotopic (exact) mass is 443 g/mol. The van der Waals surface area contributed by atoms with Gasteiger partial charge < -0.3 is 9.88 Å². The van der Waals surface area contributed by atoms with Crippen LogP contribution in [0.5, 0.6) is 0 Å². The Morgan fingerprint density at radius 3 is 2.48 bits per heavy atom. The van der Waals surface area contributed by atoms with Crippen molar-refractivity contribution in [3.05, 3.63) is 102 Å². The fraction of sp³-hybridized carbons (Fsp3) is 0.231. The summed E-state index contributed by atoms with van der Waals surface area (Å²) in [7, 11) is 0. The van der Waals surface area contributed by atoms with Crippen LogP contribution in [0.1, 0.15) is 28.8 Å². The summed E-state index contributed by atoms with van der Waals surface area (Å²) in [5.74, 6) is 0.0715. The van der Waals surface area contributed by atoms with Crippen LogP contribution in [0.2, 0.25) is 0 Å².